The van der Waals surface area contributed by atoms with Crippen LogP contribution in [0.1, 0.15) is 5.56 Å². The van der Waals surface area contributed by atoms with Crippen molar-refractivity contribution in [1.82, 2.24) is 0 Å². The first-order valence-electron chi connectivity index (χ1n) is 5.06. The Hall–Kier alpha value is -0.797. The van der Waals surface area contributed by atoms with Gasteiger partial charge in [0.2, 0.25) is 5.82 Å². The van der Waals surface area contributed by atoms with E-state index in [4.69, 9.17) is 4.74 Å². The fourth-order valence-electron chi connectivity index (χ4n) is 1.27. The van der Waals surface area contributed by atoms with Crippen LogP contribution in [0.5, 0.6) is 5.75 Å². The normalized spacial score (nSPS) is 9.39. The van der Waals surface area contributed by atoms with Crippen LogP contribution in [0.25, 0.3) is 0 Å². The number of halogens is 3. The van der Waals surface area contributed by atoms with Crippen molar-refractivity contribution >= 4 is 13.6 Å². The van der Waals surface area contributed by atoms with E-state index < -0.39 is 11.6 Å². The van der Waals surface area contributed by atoms with Crippen molar-refractivity contribution in [3.63, 3.8) is 0 Å². The van der Waals surface area contributed by atoms with Gasteiger partial charge < -0.3 is 4.74 Å². The zero-order chi connectivity index (χ0) is 13.4. The van der Waals surface area contributed by atoms with Crippen LogP contribution in [-0.4, -0.2) is 0 Å². The number of hydrogen-bond donors (Lipinski definition) is 0. The van der Waals surface area contributed by atoms with Gasteiger partial charge >= 0.3 is 30.0 Å². The summed E-state index contributed by atoms with van der Waals surface area (Å²) in [6.07, 6.45) is 0. The van der Waals surface area contributed by atoms with Crippen LogP contribution >= 0.6 is 13.6 Å². The number of hydrogen-bond acceptors (Lipinski definition) is 1. The minimum absolute atomic E-state index is 0.0761. The predicted molar refractivity (Wildman–Crippen MR) is 64.9 cm³/mol. The van der Waals surface area contributed by atoms with Crippen molar-refractivity contribution in [2.24, 2.45) is 0 Å². The first-order valence-corrected chi connectivity index (χ1v) is 12.0. The Morgan fingerprint density at radius 2 is 1.78 bits per heavy atom. The predicted octanol–water partition coefficient (Wildman–Crippen LogP) is 4.19. The van der Waals surface area contributed by atoms with Crippen LogP contribution in [-0.2, 0) is 22.9 Å². The molecule has 0 N–H and O–H groups in total. The molecular weight excluding hydrogens is 355 g/mol. The molecule has 0 fully saturated rings. The van der Waals surface area contributed by atoms with E-state index in [1.807, 2.05) is 0 Å². The van der Waals surface area contributed by atoms with E-state index in [0.29, 0.717) is 0 Å². The molecule has 0 aliphatic rings. The molecule has 18 heavy (non-hydrogen) atoms. The van der Waals surface area contributed by atoms with Crippen LogP contribution < -0.4 is 4.74 Å². The molecule has 0 saturated heterocycles. The van der Waals surface area contributed by atoms with Gasteiger partial charge in [0.05, 0.1) is 6.61 Å². The van der Waals surface area contributed by atoms with Gasteiger partial charge in [0.1, 0.15) is 0 Å². The average Bonchev–Trinajstić information content (AvgIpc) is 2.44. The van der Waals surface area contributed by atoms with Gasteiger partial charge in [-0.25, -0.2) is 4.39 Å². The second-order valence-electron chi connectivity index (χ2n) is 3.25. The summed E-state index contributed by atoms with van der Waals surface area (Å²) in [5, 5.41) is 0. The van der Waals surface area contributed by atoms with Crippen molar-refractivity contribution in [3.05, 3.63) is 65.7 Å². The molecule has 0 aliphatic heterocycles. The third kappa shape index (κ3) is 4.47. The Bertz CT molecular complexity index is 480. The van der Waals surface area contributed by atoms with Crippen LogP contribution in [0.2, 0.25) is 0 Å². The molecule has 90 valence electrons. The topological polar surface area (TPSA) is 9.23 Å². The maximum atomic E-state index is 13.2. The van der Waals surface area contributed by atoms with Crippen LogP contribution in [0, 0.1) is 17.7 Å². The molecule has 2 aromatic carbocycles. The first-order chi connectivity index (χ1) is 8.77. The fourth-order valence-corrected chi connectivity index (χ4v) is 1.27. The summed E-state index contributed by atoms with van der Waals surface area (Å²) in [6.45, 7) is 0.203. The summed E-state index contributed by atoms with van der Waals surface area (Å²) in [6, 6.07) is 13.8. The first kappa shape index (κ1) is 15.3. The van der Waals surface area contributed by atoms with E-state index in [9.17, 15) is 8.78 Å². The van der Waals surface area contributed by atoms with Crippen molar-refractivity contribution in [1.29, 1.82) is 0 Å². The zero-order valence-corrected chi connectivity index (χ0v) is 14.1. The minimum atomic E-state index is -0.954. The Morgan fingerprint density at radius 3 is 2.44 bits per heavy atom. The fraction of sp³-hybridized carbons (Fsp3) is 0.0769. The monoisotopic (exact) mass is 362 g/mol. The van der Waals surface area contributed by atoms with Crippen LogP contribution in [0.15, 0.2) is 42.5 Å². The van der Waals surface area contributed by atoms with E-state index in [-0.39, 0.29) is 12.4 Å². The standard InChI is InChI=1S/C13H9F2O.BrH.Zn/c14-11-7-4-8-12(13(11)15)16-9-10-5-2-1-3-6-10;;/h2-8H,9H2;1H;/q-1;;+2/p-1. The molecule has 2 aromatic rings. The van der Waals surface area contributed by atoms with Crippen molar-refractivity contribution in [3.8, 4) is 5.75 Å². The Kier molecular flexibility index (Phi) is 7.06. The van der Waals surface area contributed by atoms with Gasteiger partial charge in [-0.1, -0.05) is 6.07 Å². The van der Waals surface area contributed by atoms with Crippen LogP contribution in [0.3, 0.4) is 0 Å². The van der Waals surface area contributed by atoms with Gasteiger partial charge in [0.25, 0.3) is 0 Å². The molecule has 1 nitrogen and oxygen atoms in total. The second kappa shape index (κ2) is 8.33. The molecule has 0 spiro atoms. The van der Waals surface area contributed by atoms with Crippen LogP contribution in [0.4, 0.5) is 8.78 Å². The maximum absolute atomic E-state index is 13.2. The molecule has 0 aliphatic carbocycles. The van der Waals surface area contributed by atoms with Gasteiger partial charge in [-0.05, 0) is 12.1 Å². The van der Waals surface area contributed by atoms with E-state index in [2.05, 4.69) is 19.7 Å². The van der Waals surface area contributed by atoms with E-state index in [1.165, 1.54) is 28.5 Å². The molecule has 0 amide bonds. The van der Waals surface area contributed by atoms with E-state index >= 15 is 0 Å². The number of benzene rings is 2. The summed E-state index contributed by atoms with van der Waals surface area (Å²) >= 11 is 4.25. The number of rotatable bonds is 3. The van der Waals surface area contributed by atoms with Crippen molar-refractivity contribution in [2.45, 2.75) is 6.61 Å². The van der Waals surface area contributed by atoms with Crippen molar-refractivity contribution < 1.29 is 29.9 Å². The average molecular weight is 365 g/mol. The van der Waals surface area contributed by atoms with Gasteiger partial charge in [0, 0.05) is 0 Å². The summed E-state index contributed by atoms with van der Waals surface area (Å²) in [7, 11) is 0. The molecule has 0 aromatic heterocycles. The summed E-state index contributed by atoms with van der Waals surface area (Å²) in [5.41, 5.74) is 0.877. The van der Waals surface area contributed by atoms with Gasteiger partial charge in [-0.15, -0.1) is 5.56 Å². The Balaban J connectivity index is 0.000000771. The Morgan fingerprint density at radius 1 is 1.11 bits per heavy atom. The number of ether oxygens (including phenoxy) is 1. The Labute approximate surface area is 121 Å². The molecule has 0 atom stereocenters. The summed E-state index contributed by atoms with van der Waals surface area (Å²) < 4.78 is 31.2. The molecule has 0 heterocycles. The molecule has 5 heteroatoms. The molecule has 2 rings (SSSR count). The van der Waals surface area contributed by atoms with Gasteiger partial charge in [0.15, 0.2) is 11.6 Å². The molecule has 0 saturated carbocycles. The van der Waals surface area contributed by atoms with E-state index in [1.54, 1.807) is 24.3 Å². The summed E-state index contributed by atoms with van der Waals surface area (Å²) in [5.74, 6) is -1.93. The quantitative estimate of drug-likeness (QED) is 0.586. The molecular formula is C13H9BrF2OZn. The van der Waals surface area contributed by atoms with E-state index in [0.717, 1.165) is 11.6 Å². The van der Waals surface area contributed by atoms with Gasteiger partial charge in [-0.3, -0.25) is 0 Å². The molecule has 0 unspecified atom stereocenters. The third-order valence-electron chi connectivity index (χ3n) is 2.10. The zero-order valence-electron chi connectivity index (χ0n) is 9.50. The van der Waals surface area contributed by atoms with Gasteiger partial charge in [-0.2, -0.15) is 34.7 Å². The second-order valence-corrected chi connectivity index (χ2v) is 3.25. The third-order valence-corrected chi connectivity index (χ3v) is 2.10. The van der Waals surface area contributed by atoms with Crippen molar-refractivity contribution in [2.75, 3.05) is 0 Å². The molecule has 0 bridgehead atoms. The summed E-state index contributed by atoms with van der Waals surface area (Å²) in [4.78, 5) is 0. The molecule has 0 radical (unpaired) electrons. The SMILES string of the molecule is Fc1cccc(OCc2cc[c-]cc2)c1F.[Zn+][Br].